The summed E-state index contributed by atoms with van der Waals surface area (Å²) in [6, 6.07) is 0. The largest absolute Gasteiger partial charge is 0.340 e. The van der Waals surface area contributed by atoms with Crippen molar-refractivity contribution >= 4 is 18.3 Å². The van der Waals surface area contributed by atoms with Gasteiger partial charge in [0.25, 0.3) is 0 Å². The minimum Gasteiger partial charge on any atom is -0.340 e. The van der Waals surface area contributed by atoms with Crippen LogP contribution in [0.3, 0.4) is 0 Å². The molecule has 3 fully saturated rings. The number of rotatable bonds is 3. The Bertz CT molecular complexity index is 566. The van der Waals surface area contributed by atoms with Crippen molar-refractivity contribution in [1.29, 1.82) is 0 Å². The first kappa shape index (κ1) is 16.7. The van der Waals surface area contributed by atoms with Gasteiger partial charge in [0.15, 0.2) is 5.82 Å². The number of carbonyl (C=O) groups is 1. The molecular formula is C16H25ClN4O2. The molecule has 7 heteroatoms. The number of aromatic nitrogens is 2. The molecule has 1 amide bonds. The van der Waals surface area contributed by atoms with Crippen LogP contribution in [-0.2, 0) is 4.79 Å². The van der Waals surface area contributed by atoms with Crippen LogP contribution in [0.4, 0.5) is 0 Å². The SMILES string of the molecule is Cl.NC1(C(=O)N2CCCC(c3noc(C4CC4)n3)C2)CCCC1. The molecule has 1 aromatic rings. The Kier molecular flexibility index (Phi) is 4.65. The Hall–Kier alpha value is -1.14. The van der Waals surface area contributed by atoms with E-state index in [0.717, 1.165) is 69.6 Å². The van der Waals surface area contributed by atoms with Crippen molar-refractivity contribution < 1.29 is 9.32 Å². The lowest BCUT2D eigenvalue weighted by Crippen LogP contribution is -2.55. The summed E-state index contributed by atoms with van der Waals surface area (Å²) < 4.78 is 5.37. The Morgan fingerprint density at radius 2 is 1.91 bits per heavy atom. The number of carbonyl (C=O) groups excluding carboxylic acids is 1. The van der Waals surface area contributed by atoms with E-state index >= 15 is 0 Å². The highest BCUT2D eigenvalue weighted by atomic mass is 35.5. The van der Waals surface area contributed by atoms with E-state index in [4.69, 9.17) is 10.3 Å². The lowest BCUT2D eigenvalue weighted by molar-refractivity contribution is -0.138. The molecule has 2 saturated carbocycles. The van der Waals surface area contributed by atoms with Crippen molar-refractivity contribution in [3.63, 3.8) is 0 Å². The molecular weight excluding hydrogens is 316 g/mol. The minimum atomic E-state index is -0.627. The highest BCUT2D eigenvalue weighted by molar-refractivity contribution is 5.86. The fourth-order valence-corrected chi connectivity index (χ4v) is 3.82. The van der Waals surface area contributed by atoms with Gasteiger partial charge in [-0.25, -0.2) is 0 Å². The van der Waals surface area contributed by atoms with E-state index in [2.05, 4.69) is 10.1 Å². The average Bonchev–Trinajstić information content (AvgIpc) is 3.10. The van der Waals surface area contributed by atoms with Crippen LogP contribution >= 0.6 is 12.4 Å². The van der Waals surface area contributed by atoms with Crippen molar-refractivity contribution in [2.24, 2.45) is 5.73 Å². The molecule has 23 heavy (non-hydrogen) atoms. The Morgan fingerprint density at radius 3 is 2.61 bits per heavy atom. The van der Waals surface area contributed by atoms with E-state index in [1.807, 2.05) is 4.90 Å². The van der Waals surface area contributed by atoms with E-state index in [9.17, 15) is 4.79 Å². The second kappa shape index (κ2) is 6.40. The van der Waals surface area contributed by atoms with Gasteiger partial charge in [-0.3, -0.25) is 4.79 Å². The number of piperidine rings is 1. The standard InChI is InChI=1S/C16H24N4O2.ClH/c17-16(7-1-2-8-16)15(21)20-9-3-4-12(10-20)13-18-14(22-19-13)11-5-6-11;/h11-12H,1-10,17H2;1H. The third-order valence-electron chi connectivity index (χ3n) is 5.38. The summed E-state index contributed by atoms with van der Waals surface area (Å²) in [5.74, 6) is 2.36. The quantitative estimate of drug-likeness (QED) is 0.912. The molecule has 0 spiro atoms. The van der Waals surface area contributed by atoms with Crippen molar-refractivity contribution in [3.8, 4) is 0 Å². The summed E-state index contributed by atoms with van der Waals surface area (Å²) in [6.45, 7) is 1.49. The van der Waals surface area contributed by atoms with Crippen LogP contribution in [0.1, 0.15) is 74.9 Å². The topological polar surface area (TPSA) is 85.3 Å². The fraction of sp³-hybridized carbons (Fsp3) is 0.812. The summed E-state index contributed by atoms with van der Waals surface area (Å²) in [7, 11) is 0. The first-order valence-corrected chi connectivity index (χ1v) is 8.57. The third-order valence-corrected chi connectivity index (χ3v) is 5.38. The van der Waals surface area contributed by atoms with Gasteiger partial charge >= 0.3 is 0 Å². The summed E-state index contributed by atoms with van der Waals surface area (Å²) in [5, 5.41) is 4.15. The number of hydrogen-bond acceptors (Lipinski definition) is 5. The molecule has 1 aliphatic heterocycles. The molecule has 2 aliphatic carbocycles. The first-order valence-electron chi connectivity index (χ1n) is 8.57. The predicted octanol–water partition coefficient (Wildman–Crippen LogP) is 2.35. The smallest absolute Gasteiger partial charge is 0.242 e. The highest BCUT2D eigenvalue weighted by Gasteiger charge is 2.41. The molecule has 2 N–H and O–H groups in total. The highest BCUT2D eigenvalue weighted by Crippen LogP contribution is 2.40. The zero-order chi connectivity index (χ0) is 15.2. The van der Waals surface area contributed by atoms with E-state index in [-0.39, 0.29) is 24.2 Å². The minimum absolute atomic E-state index is 0. The van der Waals surface area contributed by atoms with Crippen molar-refractivity contribution in [2.45, 2.75) is 68.7 Å². The van der Waals surface area contributed by atoms with Crippen LogP contribution in [0.5, 0.6) is 0 Å². The molecule has 1 saturated heterocycles. The number of nitrogens with two attached hydrogens (primary N) is 1. The molecule has 1 unspecified atom stereocenters. The third kappa shape index (κ3) is 3.24. The number of amides is 1. The van der Waals surface area contributed by atoms with Gasteiger partial charge in [0, 0.05) is 24.9 Å². The summed E-state index contributed by atoms with van der Waals surface area (Å²) in [4.78, 5) is 19.3. The van der Waals surface area contributed by atoms with Crippen molar-refractivity contribution in [3.05, 3.63) is 11.7 Å². The fourth-order valence-electron chi connectivity index (χ4n) is 3.82. The molecule has 0 aromatic carbocycles. The monoisotopic (exact) mass is 340 g/mol. The molecule has 6 nitrogen and oxygen atoms in total. The zero-order valence-corrected chi connectivity index (χ0v) is 14.2. The molecule has 0 bridgehead atoms. The van der Waals surface area contributed by atoms with Crippen LogP contribution in [0.25, 0.3) is 0 Å². The van der Waals surface area contributed by atoms with Crippen molar-refractivity contribution in [2.75, 3.05) is 13.1 Å². The van der Waals surface area contributed by atoms with Crippen LogP contribution in [0.15, 0.2) is 4.52 Å². The average molecular weight is 341 g/mol. The lowest BCUT2D eigenvalue weighted by atomic mass is 9.92. The normalized spacial score (nSPS) is 26.8. The second-order valence-electron chi connectivity index (χ2n) is 7.22. The summed E-state index contributed by atoms with van der Waals surface area (Å²) in [5.41, 5.74) is 5.70. The van der Waals surface area contributed by atoms with Crippen molar-refractivity contribution in [1.82, 2.24) is 15.0 Å². The zero-order valence-electron chi connectivity index (χ0n) is 13.4. The summed E-state index contributed by atoms with van der Waals surface area (Å²) >= 11 is 0. The Morgan fingerprint density at radius 1 is 1.17 bits per heavy atom. The predicted molar refractivity (Wildman–Crippen MR) is 87.5 cm³/mol. The molecule has 4 rings (SSSR count). The number of nitrogens with zero attached hydrogens (tertiary/aromatic N) is 3. The van der Waals surface area contributed by atoms with E-state index in [1.165, 1.54) is 0 Å². The summed E-state index contributed by atoms with van der Waals surface area (Å²) in [6.07, 6.45) is 8.09. The van der Waals surface area contributed by atoms with Gasteiger partial charge in [0.2, 0.25) is 11.8 Å². The van der Waals surface area contributed by atoms with E-state index in [1.54, 1.807) is 0 Å². The Labute approximate surface area is 142 Å². The Balaban J connectivity index is 0.00000156. The number of likely N-dealkylation sites (tertiary alicyclic amines) is 1. The number of hydrogen-bond donors (Lipinski definition) is 1. The van der Waals surface area contributed by atoms with E-state index in [0.29, 0.717) is 12.5 Å². The van der Waals surface area contributed by atoms with Gasteiger partial charge in [-0.15, -0.1) is 12.4 Å². The lowest BCUT2D eigenvalue weighted by Gasteiger charge is -2.36. The van der Waals surface area contributed by atoms with Gasteiger partial charge in [-0.1, -0.05) is 18.0 Å². The van der Waals surface area contributed by atoms with Crippen LogP contribution in [0, 0.1) is 0 Å². The number of halogens is 1. The second-order valence-corrected chi connectivity index (χ2v) is 7.22. The molecule has 128 valence electrons. The maximum atomic E-state index is 12.8. The van der Waals surface area contributed by atoms with Gasteiger partial charge in [-0.2, -0.15) is 4.98 Å². The van der Waals surface area contributed by atoms with E-state index < -0.39 is 5.54 Å². The van der Waals surface area contributed by atoms with Crippen LogP contribution < -0.4 is 5.73 Å². The first-order chi connectivity index (χ1) is 10.7. The molecule has 1 aromatic heterocycles. The maximum Gasteiger partial charge on any atom is 0.242 e. The molecule has 2 heterocycles. The van der Waals surface area contributed by atoms with Gasteiger partial charge in [0.05, 0.1) is 5.54 Å². The van der Waals surface area contributed by atoms with Crippen LogP contribution in [-0.4, -0.2) is 39.6 Å². The molecule has 3 aliphatic rings. The van der Waals surface area contributed by atoms with Gasteiger partial charge in [-0.05, 0) is 38.5 Å². The maximum absolute atomic E-state index is 12.8. The molecule has 0 radical (unpaired) electrons. The van der Waals surface area contributed by atoms with Gasteiger partial charge < -0.3 is 15.2 Å². The molecule has 1 atom stereocenters. The van der Waals surface area contributed by atoms with Crippen LogP contribution in [0.2, 0.25) is 0 Å². The van der Waals surface area contributed by atoms with Gasteiger partial charge in [0.1, 0.15) is 0 Å².